The van der Waals surface area contributed by atoms with Gasteiger partial charge in [0.05, 0.1) is 11.1 Å². The number of nitrogens with one attached hydrogen (secondary N) is 1. The first-order chi connectivity index (χ1) is 13.6. The maximum atomic E-state index is 12.4. The van der Waals surface area contributed by atoms with Crippen molar-refractivity contribution in [2.24, 2.45) is 0 Å². The molecule has 1 heterocycles. The van der Waals surface area contributed by atoms with Crippen molar-refractivity contribution in [3.05, 3.63) is 64.2 Å². The summed E-state index contributed by atoms with van der Waals surface area (Å²) < 4.78 is 0. The molecule has 6 nitrogen and oxygen atoms in total. The summed E-state index contributed by atoms with van der Waals surface area (Å²) in [6, 6.07) is 13.7. The molecule has 144 valence electrons. The highest BCUT2D eigenvalue weighted by Crippen LogP contribution is 2.25. The van der Waals surface area contributed by atoms with Gasteiger partial charge < -0.3 is 5.32 Å². The molecule has 0 aliphatic heterocycles. The van der Waals surface area contributed by atoms with Gasteiger partial charge in [0.1, 0.15) is 6.54 Å². The van der Waals surface area contributed by atoms with E-state index < -0.39 is 0 Å². The zero-order chi connectivity index (χ0) is 19.5. The Morgan fingerprint density at radius 2 is 1.96 bits per heavy atom. The minimum atomic E-state index is -0.159. The summed E-state index contributed by atoms with van der Waals surface area (Å²) in [5, 5.41) is 15.8. The number of fused-ring (bicyclic) bond motifs is 1. The Balaban J connectivity index is 1.40. The largest absolute Gasteiger partial charge is 0.348 e. The lowest BCUT2D eigenvalue weighted by molar-refractivity contribution is -0.122. The SMILES string of the molecule is C[C@H](NC(=O)Cn1nnc(-c2ccccc2Cl)n1)c1ccc2c(c1)CCCC2. The van der Waals surface area contributed by atoms with Crippen LogP contribution in [0.3, 0.4) is 0 Å². The molecular weight excluding hydrogens is 374 g/mol. The number of aryl methyl sites for hydroxylation is 2. The number of carbonyl (C=O) groups is 1. The number of hydrogen-bond donors (Lipinski definition) is 1. The summed E-state index contributed by atoms with van der Waals surface area (Å²) in [4.78, 5) is 13.7. The number of benzene rings is 2. The number of carbonyl (C=O) groups excluding carboxylic acids is 1. The Morgan fingerprint density at radius 3 is 2.79 bits per heavy atom. The summed E-state index contributed by atoms with van der Waals surface area (Å²) in [5.74, 6) is 0.245. The Labute approximate surface area is 168 Å². The van der Waals surface area contributed by atoms with Crippen LogP contribution >= 0.6 is 11.6 Å². The molecule has 0 fully saturated rings. The van der Waals surface area contributed by atoms with Crippen molar-refractivity contribution in [3.63, 3.8) is 0 Å². The molecule has 1 aromatic heterocycles. The summed E-state index contributed by atoms with van der Waals surface area (Å²) in [6.45, 7) is 2.00. The van der Waals surface area contributed by atoms with Gasteiger partial charge >= 0.3 is 0 Å². The maximum absolute atomic E-state index is 12.4. The van der Waals surface area contributed by atoms with Gasteiger partial charge in [-0.3, -0.25) is 4.79 Å². The normalized spacial score (nSPS) is 14.4. The lowest BCUT2D eigenvalue weighted by atomic mass is 9.89. The van der Waals surface area contributed by atoms with E-state index in [0.29, 0.717) is 16.4 Å². The molecule has 0 saturated heterocycles. The van der Waals surface area contributed by atoms with Crippen molar-refractivity contribution < 1.29 is 4.79 Å². The predicted molar refractivity (Wildman–Crippen MR) is 108 cm³/mol. The molecule has 0 bridgehead atoms. The van der Waals surface area contributed by atoms with Crippen molar-refractivity contribution in [2.75, 3.05) is 0 Å². The molecule has 0 spiro atoms. The van der Waals surface area contributed by atoms with E-state index in [9.17, 15) is 4.79 Å². The Bertz CT molecular complexity index is 1000. The molecule has 0 saturated carbocycles. The standard InChI is InChI=1S/C21H22ClN5O/c1-14(16-11-10-15-6-2-3-7-17(15)12-16)23-20(28)13-27-25-21(24-26-27)18-8-4-5-9-19(18)22/h4-5,8-12,14H,2-3,6-7,13H2,1H3,(H,23,28)/t14-/m0/s1. The molecule has 1 amide bonds. The van der Waals surface area contributed by atoms with Crippen LogP contribution in [-0.4, -0.2) is 26.1 Å². The van der Waals surface area contributed by atoms with Gasteiger partial charge in [0.2, 0.25) is 11.7 Å². The zero-order valence-electron chi connectivity index (χ0n) is 15.7. The number of nitrogens with zero attached hydrogens (tertiary/aromatic N) is 4. The molecule has 2 aromatic carbocycles. The van der Waals surface area contributed by atoms with Crippen molar-refractivity contribution in [3.8, 4) is 11.4 Å². The highest BCUT2D eigenvalue weighted by Gasteiger charge is 2.16. The number of rotatable bonds is 5. The molecule has 0 unspecified atom stereocenters. The fraction of sp³-hybridized carbons (Fsp3) is 0.333. The van der Waals surface area contributed by atoms with Crippen LogP contribution in [0.1, 0.15) is 42.5 Å². The molecule has 1 atom stereocenters. The van der Waals surface area contributed by atoms with Gasteiger partial charge in [0, 0.05) is 5.56 Å². The summed E-state index contributed by atoms with van der Waals surface area (Å²) >= 11 is 6.16. The van der Waals surface area contributed by atoms with Gasteiger partial charge in [-0.15, -0.1) is 10.2 Å². The van der Waals surface area contributed by atoms with E-state index in [-0.39, 0.29) is 18.5 Å². The van der Waals surface area contributed by atoms with Crippen LogP contribution in [0.2, 0.25) is 5.02 Å². The highest BCUT2D eigenvalue weighted by molar-refractivity contribution is 6.33. The van der Waals surface area contributed by atoms with Gasteiger partial charge in [-0.25, -0.2) is 0 Å². The lowest BCUT2D eigenvalue weighted by Crippen LogP contribution is -2.31. The van der Waals surface area contributed by atoms with Gasteiger partial charge in [0.15, 0.2) is 0 Å². The van der Waals surface area contributed by atoms with Crippen LogP contribution in [-0.2, 0) is 24.2 Å². The van der Waals surface area contributed by atoms with Crippen LogP contribution in [0.25, 0.3) is 11.4 Å². The zero-order valence-corrected chi connectivity index (χ0v) is 16.5. The van der Waals surface area contributed by atoms with Gasteiger partial charge in [-0.2, -0.15) is 4.80 Å². The van der Waals surface area contributed by atoms with E-state index in [4.69, 9.17) is 11.6 Å². The molecule has 4 rings (SSSR count). The number of tetrazole rings is 1. The van der Waals surface area contributed by atoms with E-state index >= 15 is 0 Å². The van der Waals surface area contributed by atoms with Crippen molar-refractivity contribution >= 4 is 17.5 Å². The average molecular weight is 396 g/mol. The van der Waals surface area contributed by atoms with Gasteiger partial charge in [-0.05, 0) is 66.6 Å². The Kier molecular flexibility index (Phi) is 5.39. The Hall–Kier alpha value is -2.73. The number of halogens is 1. The van der Waals surface area contributed by atoms with Gasteiger partial charge in [-0.1, -0.05) is 41.9 Å². The smallest absolute Gasteiger partial charge is 0.244 e. The lowest BCUT2D eigenvalue weighted by Gasteiger charge is -2.20. The van der Waals surface area contributed by atoms with Crippen LogP contribution < -0.4 is 5.32 Å². The monoisotopic (exact) mass is 395 g/mol. The first kappa shape index (κ1) is 18.6. The second kappa shape index (κ2) is 8.10. The maximum Gasteiger partial charge on any atom is 0.244 e. The topological polar surface area (TPSA) is 72.7 Å². The van der Waals surface area contributed by atoms with Crippen molar-refractivity contribution in [1.82, 2.24) is 25.5 Å². The number of amides is 1. The summed E-state index contributed by atoms with van der Waals surface area (Å²) in [6.07, 6.45) is 4.78. The van der Waals surface area contributed by atoms with E-state index in [2.05, 4.69) is 38.9 Å². The molecule has 1 aliphatic rings. The quantitative estimate of drug-likeness (QED) is 0.714. The van der Waals surface area contributed by atoms with Crippen LogP contribution in [0.15, 0.2) is 42.5 Å². The molecule has 1 N–H and O–H groups in total. The highest BCUT2D eigenvalue weighted by atomic mass is 35.5. The summed E-state index contributed by atoms with van der Waals surface area (Å²) in [7, 11) is 0. The second-order valence-electron chi connectivity index (χ2n) is 7.15. The number of aromatic nitrogens is 4. The van der Waals surface area contributed by atoms with E-state index in [0.717, 1.165) is 18.4 Å². The molecule has 28 heavy (non-hydrogen) atoms. The average Bonchev–Trinajstić information content (AvgIpc) is 3.15. The third-order valence-corrected chi connectivity index (χ3v) is 5.43. The number of hydrogen-bond acceptors (Lipinski definition) is 4. The third-order valence-electron chi connectivity index (χ3n) is 5.10. The van der Waals surface area contributed by atoms with E-state index in [1.54, 1.807) is 6.07 Å². The minimum Gasteiger partial charge on any atom is -0.348 e. The fourth-order valence-corrected chi connectivity index (χ4v) is 3.80. The fourth-order valence-electron chi connectivity index (χ4n) is 3.58. The van der Waals surface area contributed by atoms with Gasteiger partial charge in [0.25, 0.3) is 0 Å². The second-order valence-corrected chi connectivity index (χ2v) is 7.55. The first-order valence-corrected chi connectivity index (χ1v) is 9.92. The summed E-state index contributed by atoms with van der Waals surface area (Å²) in [5.41, 5.74) is 4.66. The molecule has 7 heteroatoms. The van der Waals surface area contributed by atoms with Crippen molar-refractivity contribution in [1.29, 1.82) is 0 Å². The third kappa shape index (κ3) is 4.07. The Morgan fingerprint density at radius 1 is 1.18 bits per heavy atom. The van der Waals surface area contributed by atoms with Crippen LogP contribution in [0.5, 0.6) is 0 Å². The molecular formula is C21H22ClN5O. The van der Waals surface area contributed by atoms with Crippen LogP contribution in [0, 0.1) is 0 Å². The molecule has 0 radical (unpaired) electrons. The van der Waals surface area contributed by atoms with E-state index in [1.165, 1.54) is 28.8 Å². The predicted octanol–water partition coefficient (Wildman–Crippen LogP) is 3.75. The minimum absolute atomic E-state index is 0.00668. The molecule has 3 aromatic rings. The van der Waals surface area contributed by atoms with Crippen molar-refractivity contribution in [2.45, 2.75) is 45.2 Å². The van der Waals surface area contributed by atoms with Crippen LogP contribution in [0.4, 0.5) is 0 Å². The van der Waals surface area contributed by atoms with E-state index in [1.807, 2.05) is 25.1 Å². The molecule has 1 aliphatic carbocycles. The first-order valence-electron chi connectivity index (χ1n) is 9.54.